The summed E-state index contributed by atoms with van der Waals surface area (Å²) in [6.07, 6.45) is 9.00. The van der Waals surface area contributed by atoms with Crippen LogP contribution in [0.4, 0.5) is 0 Å². The molecule has 25 heavy (non-hydrogen) atoms. The molecule has 120 valence electrons. The molecule has 0 atom stereocenters. The topological polar surface area (TPSA) is 0 Å². The summed E-state index contributed by atoms with van der Waals surface area (Å²) < 4.78 is 2.81. The molecule has 0 aliphatic heterocycles. The third-order valence-electron chi connectivity index (χ3n) is 4.97. The molecule has 0 saturated heterocycles. The fourth-order valence-electron chi connectivity index (χ4n) is 3.75. The highest BCUT2D eigenvalue weighted by Crippen LogP contribution is 2.43. The Morgan fingerprint density at radius 2 is 1.40 bits per heavy atom. The van der Waals surface area contributed by atoms with Crippen LogP contribution in [0.15, 0.2) is 85.0 Å². The van der Waals surface area contributed by atoms with Crippen LogP contribution in [0.2, 0.25) is 0 Å². The van der Waals surface area contributed by atoms with Crippen molar-refractivity contribution in [3.63, 3.8) is 0 Å². The Balaban J connectivity index is 1.82. The number of hydrogen-bond donors (Lipinski definition) is 0. The van der Waals surface area contributed by atoms with E-state index in [9.17, 15) is 0 Å². The molecular formula is C24H18S. The van der Waals surface area contributed by atoms with Crippen molar-refractivity contribution >= 4 is 37.1 Å². The number of rotatable bonds is 2. The minimum absolute atomic E-state index is 1.13. The number of benzene rings is 3. The van der Waals surface area contributed by atoms with Crippen LogP contribution in [0.1, 0.15) is 18.4 Å². The lowest BCUT2D eigenvalue weighted by Gasteiger charge is -2.10. The van der Waals surface area contributed by atoms with Crippen molar-refractivity contribution in [3.05, 3.63) is 90.5 Å². The lowest BCUT2D eigenvalue weighted by molar-refractivity contribution is 1.06. The average molecular weight is 338 g/mol. The molecule has 3 aromatic carbocycles. The molecule has 4 aromatic rings. The van der Waals surface area contributed by atoms with Gasteiger partial charge in [-0.2, -0.15) is 0 Å². The number of thiophene rings is 1. The fraction of sp³-hybridized carbons (Fsp3) is 0.0833. The van der Waals surface area contributed by atoms with Gasteiger partial charge in [0, 0.05) is 20.2 Å². The van der Waals surface area contributed by atoms with Gasteiger partial charge < -0.3 is 0 Å². The van der Waals surface area contributed by atoms with Gasteiger partial charge in [0.2, 0.25) is 0 Å². The zero-order valence-electron chi connectivity index (χ0n) is 13.9. The van der Waals surface area contributed by atoms with E-state index in [2.05, 4.69) is 85.0 Å². The summed E-state index contributed by atoms with van der Waals surface area (Å²) in [5.74, 6) is 0. The van der Waals surface area contributed by atoms with E-state index in [1.165, 1.54) is 42.4 Å². The molecule has 0 nitrogen and oxygen atoms in total. The third-order valence-corrected chi connectivity index (χ3v) is 6.26. The maximum Gasteiger partial charge on any atom is 0.0434 e. The van der Waals surface area contributed by atoms with Crippen molar-refractivity contribution in [2.75, 3.05) is 0 Å². The Labute approximate surface area is 151 Å². The molecule has 1 heteroatoms. The Morgan fingerprint density at radius 1 is 0.680 bits per heavy atom. The lowest BCUT2D eigenvalue weighted by Crippen LogP contribution is -1.87. The van der Waals surface area contributed by atoms with E-state index in [0.29, 0.717) is 0 Å². The van der Waals surface area contributed by atoms with Crippen LogP contribution in [-0.4, -0.2) is 0 Å². The molecule has 0 amide bonds. The zero-order chi connectivity index (χ0) is 16.6. The molecule has 1 aliphatic rings. The summed E-state index contributed by atoms with van der Waals surface area (Å²) >= 11 is 1.94. The number of fused-ring (bicyclic) bond motifs is 3. The van der Waals surface area contributed by atoms with E-state index in [-0.39, 0.29) is 0 Å². The Hall–Kier alpha value is -2.64. The highest BCUT2D eigenvalue weighted by atomic mass is 32.1. The molecule has 0 saturated carbocycles. The lowest BCUT2D eigenvalue weighted by atomic mass is 9.95. The van der Waals surface area contributed by atoms with Crippen LogP contribution in [0.3, 0.4) is 0 Å². The van der Waals surface area contributed by atoms with Crippen LogP contribution in [0.25, 0.3) is 36.9 Å². The van der Waals surface area contributed by atoms with Crippen LogP contribution >= 0.6 is 11.3 Å². The van der Waals surface area contributed by atoms with Gasteiger partial charge >= 0.3 is 0 Å². The summed E-state index contributed by atoms with van der Waals surface area (Å²) in [5, 5.41) is 2.75. The van der Waals surface area contributed by atoms with E-state index in [4.69, 9.17) is 0 Å². The second kappa shape index (κ2) is 6.02. The monoisotopic (exact) mass is 338 g/mol. The predicted octanol–water partition coefficient (Wildman–Crippen LogP) is 7.45. The van der Waals surface area contributed by atoms with Gasteiger partial charge in [0.1, 0.15) is 0 Å². The smallest absolute Gasteiger partial charge is 0.0434 e. The van der Waals surface area contributed by atoms with E-state index in [1.807, 2.05) is 11.3 Å². The maximum absolute atomic E-state index is 2.28. The molecule has 1 aliphatic carbocycles. The first kappa shape index (κ1) is 14.7. The molecular weight excluding hydrogens is 320 g/mol. The Bertz CT molecular complexity index is 1130. The largest absolute Gasteiger partial charge is 0.134 e. The van der Waals surface area contributed by atoms with Crippen molar-refractivity contribution in [1.29, 1.82) is 0 Å². The second-order valence-corrected chi connectivity index (χ2v) is 7.51. The quantitative estimate of drug-likeness (QED) is 0.356. The van der Waals surface area contributed by atoms with Crippen LogP contribution in [-0.2, 0) is 0 Å². The van der Waals surface area contributed by atoms with Gasteiger partial charge in [-0.3, -0.25) is 0 Å². The first-order chi connectivity index (χ1) is 12.4. The van der Waals surface area contributed by atoms with E-state index in [1.54, 1.807) is 0 Å². The fourth-order valence-corrected chi connectivity index (χ4v) is 5.13. The molecule has 0 radical (unpaired) electrons. The summed E-state index contributed by atoms with van der Waals surface area (Å²) in [6, 6.07) is 24.2. The number of hydrogen-bond acceptors (Lipinski definition) is 1. The summed E-state index contributed by atoms with van der Waals surface area (Å²) in [6.45, 7) is 0. The highest BCUT2D eigenvalue weighted by molar-refractivity contribution is 7.26. The predicted molar refractivity (Wildman–Crippen MR) is 111 cm³/mol. The standard InChI is InChI=1S/C24H18S/c1-3-9-17(10-4-1)19-13-7-15-21-22-16-8-14-20(24(22)25-23(19)21)18-11-5-2-6-12-18/h1-5,7-11,13-16H,6,12H2. The van der Waals surface area contributed by atoms with Crippen molar-refractivity contribution in [2.24, 2.45) is 0 Å². The van der Waals surface area contributed by atoms with Crippen molar-refractivity contribution in [1.82, 2.24) is 0 Å². The van der Waals surface area contributed by atoms with Gasteiger partial charge in [-0.05, 0) is 35.1 Å². The molecule has 0 fully saturated rings. The van der Waals surface area contributed by atoms with Crippen molar-refractivity contribution in [2.45, 2.75) is 12.8 Å². The minimum Gasteiger partial charge on any atom is -0.134 e. The van der Waals surface area contributed by atoms with E-state index < -0.39 is 0 Å². The Morgan fingerprint density at radius 3 is 2.12 bits per heavy atom. The third kappa shape index (κ3) is 2.43. The Kier molecular flexibility index (Phi) is 3.53. The SMILES string of the molecule is C1=CCCC(c2cccc3c2sc2c(-c4ccccc4)cccc23)=C1. The van der Waals surface area contributed by atoms with Gasteiger partial charge in [-0.1, -0.05) is 85.0 Å². The minimum atomic E-state index is 1.13. The molecule has 0 N–H and O–H groups in total. The van der Waals surface area contributed by atoms with Gasteiger partial charge in [0.25, 0.3) is 0 Å². The van der Waals surface area contributed by atoms with Gasteiger partial charge in [-0.25, -0.2) is 0 Å². The number of allylic oxidation sites excluding steroid dienone is 4. The molecule has 0 unspecified atom stereocenters. The molecule has 0 bridgehead atoms. The van der Waals surface area contributed by atoms with E-state index >= 15 is 0 Å². The van der Waals surface area contributed by atoms with Crippen LogP contribution in [0, 0.1) is 0 Å². The summed E-state index contributed by atoms with van der Waals surface area (Å²) in [7, 11) is 0. The second-order valence-electron chi connectivity index (χ2n) is 6.49. The first-order valence-electron chi connectivity index (χ1n) is 8.77. The normalized spacial score (nSPS) is 14.2. The zero-order valence-corrected chi connectivity index (χ0v) is 14.7. The first-order valence-corrected chi connectivity index (χ1v) is 9.59. The van der Waals surface area contributed by atoms with Gasteiger partial charge in [0.05, 0.1) is 0 Å². The molecule has 1 aromatic heterocycles. The average Bonchev–Trinajstić information content (AvgIpc) is 3.08. The van der Waals surface area contributed by atoms with Gasteiger partial charge in [-0.15, -0.1) is 11.3 Å². The van der Waals surface area contributed by atoms with E-state index in [0.717, 1.165) is 12.8 Å². The molecule has 0 spiro atoms. The summed E-state index contributed by atoms with van der Waals surface area (Å²) in [4.78, 5) is 0. The highest BCUT2D eigenvalue weighted by Gasteiger charge is 2.14. The molecule has 5 rings (SSSR count). The van der Waals surface area contributed by atoms with Crippen LogP contribution in [0.5, 0.6) is 0 Å². The summed E-state index contributed by atoms with van der Waals surface area (Å²) in [5.41, 5.74) is 5.49. The van der Waals surface area contributed by atoms with Gasteiger partial charge in [0.15, 0.2) is 0 Å². The van der Waals surface area contributed by atoms with Crippen LogP contribution < -0.4 is 0 Å². The maximum atomic E-state index is 2.28. The van der Waals surface area contributed by atoms with Crippen molar-refractivity contribution < 1.29 is 0 Å². The van der Waals surface area contributed by atoms with Crippen molar-refractivity contribution in [3.8, 4) is 11.1 Å². The molecule has 1 heterocycles.